The summed E-state index contributed by atoms with van der Waals surface area (Å²) in [5.41, 5.74) is 0.215. The quantitative estimate of drug-likeness (QED) is 0.831. The Hall–Kier alpha value is -1.29. The molecule has 0 unspecified atom stereocenters. The third-order valence-electron chi connectivity index (χ3n) is 3.33. The van der Waals surface area contributed by atoms with Crippen molar-refractivity contribution < 1.29 is 4.79 Å². The number of carbonyl (C=O) groups is 1. The van der Waals surface area contributed by atoms with Gasteiger partial charge in [-0.15, -0.1) is 11.6 Å². The summed E-state index contributed by atoms with van der Waals surface area (Å²) < 4.78 is 0. The van der Waals surface area contributed by atoms with E-state index in [4.69, 9.17) is 11.6 Å². The zero-order valence-electron chi connectivity index (χ0n) is 10.2. The van der Waals surface area contributed by atoms with Crippen molar-refractivity contribution in [1.29, 1.82) is 0 Å². The maximum atomic E-state index is 12.4. The molecule has 2 rings (SSSR count). The number of halogens is 1. The van der Waals surface area contributed by atoms with Crippen molar-refractivity contribution in [3.63, 3.8) is 0 Å². The molecule has 0 aromatic carbocycles. The highest BCUT2D eigenvalue weighted by atomic mass is 35.5. The molecule has 1 aliphatic carbocycles. The van der Waals surface area contributed by atoms with Gasteiger partial charge in [0.1, 0.15) is 0 Å². The third-order valence-corrected chi connectivity index (χ3v) is 3.60. The van der Waals surface area contributed by atoms with Gasteiger partial charge in [0.15, 0.2) is 0 Å². The van der Waals surface area contributed by atoms with Crippen LogP contribution in [0.4, 0.5) is 0 Å². The number of amides is 1. The van der Waals surface area contributed by atoms with Crippen LogP contribution in [0.2, 0.25) is 0 Å². The van der Waals surface area contributed by atoms with Gasteiger partial charge in [0.2, 0.25) is 5.56 Å². The van der Waals surface area contributed by atoms with Crippen LogP contribution in [0.5, 0.6) is 0 Å². The zero-order valence-corrected chi connectivity index (χ0v) is 10.9. The molecule has 1 N–H and O–H groups in total. The van der Waals surface area contributed by atoms with Crippen LogP contribution in [-0.2, 0) is 0 Å². The molecule has 1 aromatic heterocycles. The van der Waals surface area contributed by atoms with Crippen molar-refractivity contribution in [2.75, 3.05) is 12.4 Å². The molecule has 98 valence electrons. The molecule has 1 heterocycles. The number of hydrogen-bond acceptors (Lipinski definition) is 2. The van der Waals surface area contributed by atoms with Crippen LogP contribution in [0, 0.1) is 0 Å². The van der Waals surface area contributed by atoms with Crippen LogP contribution in [0.3, 0.4) is 0 Å². The molecule has 4 nitrogen and oxygen atoms in total. The SMILES string of the molecule is O=C(c1cc[nH]c(=O)c1)N(CCCCl)C1CCC1. The van der Waals surface area contributed by atoms with E-state index in [1.54, 1.807) is 6.07 Å². The fraction of sp³-hybridized carbons (Fsp3) is 0.538. The smallest absolute Gasteiger partial charge is 0.254 e. The largest absolute Gasteiger partial charge is 0.336 e. The number of H-pyrrole nitrogens is 1. The topological polar surface area (TPSA) is 53.2 Å². The molecule has 0 atom stereocenters. The average molecular weight is 269 g/mol. The van der Waals surface area contributed by atoms with E-state index in [1.807, 2.05) is 4.90 Å². The number of alkyl halides is 1. The number of aromatic amines is 1. The first-order chi connectivity index (χ1) is 8.72. The molecule has 1 amide bonds. The van der Waals surface area contributed by atoms with Crippen molar-refractivity contribution >= 4 is 17.5 Å². The number of rotatable bonds is 5. The number of hydrogen-bond donors (Lipinski definition) is 1. The van der Waals surface area contributed by atoms with Crippen molar-refractivity contribution in [2.24, 2.45) is 0 Å². The van der Waals surface area contributed by atoms with Gasteiger partial charge in [-0.3, -0.25) is 9.59 Å². The predicted octanol–water partition coefficient (Wildman–Crippen LogP) is 2.00. The molecule has 0 saturated heterocycles. The van der Waals surface area contributed by atoms with Gasteiger partial charge in [-0.25, -0.2) is 0 Å². The number of carbonyl (C=O) groups excluding carboxylic acids is 1. The van der Waals surface area contributed by atoms with E-state index in [-0.39, 0.29) is 11.5 Å². The monoisotopic (exact) mass is 268 g/mol. The summed E-state index contributed by atoms with van der Waals surface area (Å²) in [5, 5.41) is 0. The van der Waals surface area contributed by atoms with Gasteiger partial charge >= 0.3 is 0 Å². The fourth-order valence-electron chi connectivity index (χ4n) is 2.12. The number of nitrogens with zero attached hydrogens (tertiary/aromatic N) is 1. The first-order valence-electron chi connectivity index (χ1n) is 6.28. The molecular formula is C13H17ClN2O2. The van der Waals surface area contributed by atoms with Crippen LogP contribution < -0.4 is 5.56 Å². The highest BCUT2D eigenvalue weighted by Gasteiger charge is 2.28. The lowest BCUT2D eigenvalue weighted by molar-refractivity contribution is 0.0580. The number of pyridine rings is 1. The molecule has 0 bridgehead atoms. The van der Waals surface area contributed by atoms with Gasteiger partial charge in [0, 0.05) is 36.3 Å². The minimum atomic E-state index is -0.244. The highest BCUT2D eigenvalue weighted by Crippen LogP contribution is 2.26. The van der Waals surface area contributed by atoms with Crippen LogP contribution in [0.15, 0.2) is 23.1 Å². The molecule has 0 aliphatic heterocycles. The molecule has 5 heteroatoms. The Morgan fingerprint density at radius 3 is 2.83 bits per heavy atom. The Morgan fingerprint density at radius 2 is 2.28 bits per heavy atom. The molecule has 1 fully saturated rings. The van der Waals surface area contributed by atoms with E-state index in [9.17, 15) is 9.59 Å². The lowest BCUT2D eigenvalue weighted by atomic mass is 9.91. The van der Waals surface area contributed by atoms with E-state index in [0.29, 0.717) is 24.0 Å². The maximum absolute atomic E-state index is 12.4. The maximum Gasteiger partial charge on any atom is 0.254 e. The van der Waals surface area contributed by atoms with E-state index in [1.165, 1.54) is 18.7 Å². The minimum absolute atomic E-state index is 0.0593. The lowest BCUT2D eigenvalue weighted by Crippen LogP contribution is -2.45. The Bertz CT molecular complexity index is 468. The van der Waals surface area contributed by atoms with Crippen molar-refractivity contribution in [2.45, 2.75) is 31.7 Å². The van der Waals surface area contributed by atoms with Gasteiger partial charge in [-0.1, -0.05) is 0 Å². The van der Waals surface area contributed by atoms with Crippen LogP contribution in [0.25, 0.3) is 0 Å². The highest BCUT2D eigenvalue weighted by molar-refractivity contribution is 6.17. The average Bonchev–Trinajstić information content (AvgIpc) is 2.31. The summed E-state index contributed by atoms with van der Waals surface area (Å²) in [6, 6.07) is 3.32. The summed E-state index contributed by atoms with van der Waals surface area (Å²) in [4.78, 5) is 28.0. The minimum Gasteiger partial charge on any atom is -0.336 e. The summed E-state index contributed by atoms with van der Waals surface area (Å²) >= 11 is 5.69. The Labute approximate surface area is 111 Å². The Morgan fingerprint density at radius 1 is 1.50 bits per heavy atom. The van der Waals surface area contributed by atoms with Crippen LogP contribution in [-0.4, -0.2) is 34.3 Å². The van der Waals surface area contributed by atoms with E-state index >= 15 is 0 Å². The van der Waals surface area contributed by atoms with Crippen molar-refractivity contribution in [3.8, 4) is 0 Å². The molecule has 1 aliphatic rings. The molecule has 0 spiro atoms. The van der Waals surface area contributed by atoms with E-state index in [2.05, 4.69) is 4.98 Å². The van der Waals surface area contributed by atoms with Crippen molar-refractivity contribution in [1.82, 2.24) is 9.88 Å². The fourth-order valence-corrected chi connectivity index (χ4v) is 2.24. The summed E-state index contributed by atoms with van der Waals surface area (Å²) in [6.07, 6.45) is 5.57. The first kappa shape index (κ1) is 13.1. The van der Waals surface area contributed by atoms with E-state index in [0.717, 1.165) is 19.3 Å². The first-order valence-corrected chi connectivity index (χ1v) is 6.81. The molecule has 1 saturated carbocycles. The number of nitrogens with one attached hydrogen (secondary N) is 1. The second-order valence-electron chi connectivity index (χ2n) is 4.57. The standard InChI is InChI=1S/C13H17ClN2O2/c14-6-2-8-16(11-3-1-4-11)13(18)10-5-7-15-12(17)9-10/h5,7,9,11H,1-4,6,8H2,(H,15,17). The lowest BCUT2D eigenvalue weighted by Gasteiger charge is -2.37. The second kappa shape index (κ2) is 6.05. The summed E-state index contributed by atoms with van der Waals surface area (Å²) in [5.74, 6) is 0.488. The Balaban J connectivity index is 2.13. The summed E-state index contributed by atoms with van der Waals surface area (Å²) in [6.45, 7) is 0.666. The molecule has 18 heavy (non-hydrogen) atoms. The Kier molecular flexibility index (Phi) is 4.42. The zero-order chi connectivity index (χ0) is 13.0. The van der Waals surface area contributed by atoms with Crippen LogP contribution in [0.1, 0.15) is 36.0 Å². The molecule has 1 aromatic rings. The van der Waals surface area contributed by atoms with E-state index < -0.39 is 0 Å². The normalized spacial score (nSPS) is 15.2. The van der Waals surface area contributed by atoms with Crippen molar-refractivity contribution in [3.05, 3.63) is 34.2 Å². The molecule has 0 radical (unpaired) electrons. The second-order valence-corrected chi connectivity index (χ2v) is 4.95. The van der Waals surface area contributed by atoms with Gasteiger partial charge < -0.3 is 9.88 Å². The van der Waals surface area contributed by atoms with Gasteiger partial charge in [0.25, 0.3) is 5.91 Å². The van der Waals surface area contributed by atoms with Gasteiger partial charge in [-0.2, -0.15) is 0 Å². The predicted molar refractivity (Wildman–Crippen MR) is 71.1 cm³/mol. The summed E-state index contributed by atoms with van der Waals surface area (Å²) in [7, 11) is 0. The van der Waals surface area contributed by atoms with Crippen LogP contribution >= 0.6 is 11.6 Å². The molecular weight excluding hydrogens is 252 g/mol. The van der Waals surface area contributed by atoms with Gasteiger partial charge in [-0.05, 0) is 31.7 Å². The van der Waals surface area contributed by atoms with Gasteiger partial charge in [0.05, 0.1) is 0 Å². The number of aromatic nitrogens is 1. The third kappa shape index (κ3) is 2.93.